The van der Waals surface area contributed by atoms with Crippen LogP contribution >= 0.6 is 23.5 Å². The molecule has 4 heterocycles. The standard InChI is InChI=1S/C19H20F2N8O4S2/c1-27-19(23-25-26-27)35-7-9-6-34-17-13(16(31)29(17)14(9)18(32)33)22-12(30)5-28-11(8-2-3-8)4-10(24-28)15(20)21/h4,8,13,15,17H,2-3,5-7H2,1H3,(H,22,30)(H,32,33)/t13-,17+/m0/s1. The normalized spacial score (nSPS) is 21.8. The van der Waals surface area contributed by atoms with Gasteiger partial charge in [0.25, 0.3) is 12.3 Å². The molecule has 2 atom stereocenters. The van der Waals surface area contributed by atoms with Crippen LogP contribution in [0.3, 0.4) is 0 Å². The number of halogens is 2. The van der Waals surface area contributed by atoms with Gasteiger partial charge in [0.05, 0.1) is 0 Å². The van der Waals surface area contributed by atoms with Crippen LogP contribution in [0, 0.1) is 0 Å². The molecule has 35 heavy (non-hydrogen) atoms. The van der Waals surface area contributed by atoms with Gasteiger partial charge in [-0.3, -0.25) is 19.2 Å². The minimum Gasteiger partial charge on any atom is -0.477 e. The number of nitrogens with zero attached hydrogens (tertiary/aromatic N) is 7. The van der Waals surface area contributed by atoms with Crippen LogP contribution in [0.5, 0.6) is 0 Å². The van der Waals surface area contributed by atoms with Crippen LogP contribution in [0.1, 0.15) is 36.6 Å². The van der Waals surface area contributed by atoms with E-state index in [1.807, 2.05) is 0 Å². The fourth-order valence-electron chi connectivity index (χ4n) is 4.04. The third kappa shape index (κ3) is 4.51. The number of aromatic nitrogens is 6. The highest BCUT2D eigenvalue weighted by atomic mass is 32.2. The van der Waals surface area contributed by atoms with Crippen LogP contribution in [-0.2, 0) is 28.0 Å². The molecule has 1 aliphatic carbocycles. The molecule has 1 saturated heterocycles. The van der Waals surface area contributed by atoms with Gasteiger partial charge in [0.15, 0.2) is 0 Å². The van der Waals surface area contributed by atoms with Gasteiger partial charge in [-0.15, -0.1) is 16.9 Å². The number of carboxylic acids is 1. The predicted octanol–water partition coefficient (Wildman–Crippen LogP) is 0.752. The summed E-state index contributed by atoms with van der Waals surface area (Å²) in [5.41, 5.74) is 0.652. The summed E-state index contributed by atoms with van der Waals surface area (Å²) in [5, 5.41) is 27.3. The number of hydrogen-bond acceptors (Lipinski definition) is 9. The van der Waals surface area contributed by atoms with E-state index >= 15 is 0 Å². The van der Waals surface area contributed by atoms with Gasteiger partial charge < -0.3 is 10.4 Å². The van der Waals surface area contributed by atoms with Crippen LogP contribution in [0.2, 0.25) is 0 Å². The summed E-state index contributed by atoms with van der Waals surface area (Å²) in [4.78, 5) is 38.7. The van der Waals surface area contributed by atoms with Crippen molar-refractivity contribution in [1.29, 1.82) is 0 Å². The van der Waals surface area contributed by atoms with Gasteiger partial charge in [-0.2, -0.15) is 5.10 Å². The second kappa shape index (κ2) is 9.22. The zero-order valence-corrected chi connectivity index (χ0v) is 19.9. The number of amides is 2. The van der Waals surface area contributed by atoms with Crippen LogP contribution in [0.4, 0.5) is 8.78 Å². The van der Waals surface area contributed by atoms with Gasteiger partial charge in [-0.05, 0) is 34.9 Å². The van der Waals surface area contributed by atoms with Gasteiger partial charge in [-0.1, -0.05) is 11.8 Å². The number of nitrogens with one attached hydrogen (secondary N) is 1. The highest BCUT2D eigenvalue weighted by molar-refractivity contribution is 8.01. The number of fused-ring (bicyclic) bond motifs is 1. The van der Waals surface area contributed by atoms with Crippen molar-refractivity contribution in [3.63, 3.8) is 0 Å². The molecule has 12 nitrogen and oxygen atoms in total. The lowest BCUT2D eigenvalue weighted by atomic mass is 10.0. The maximum absolute atomic E-state index is 13.1. The Morgan fingerprint density at radius 2 is 2.14 bits per heavy atom. The highest BCUT2D eigenvalue weighted by Crippen LogP contribution is 2.42. The second-order valence-electron chi connectivity index (χ2n) is 8.31. The first kappa shape index (κ1) is 23.7. The monoisotopic (exact) mass is 526 g/mol. The fourth-order valence-corrected chi connectivity index (χ4v) is 6.37. The Labute approximate surface area is 205 Å². The molecule has 0 bridgehead atoms. The molecule has 0 spiro atoms. The van der Waals surface area contributed by atoms with Crippen molar-refractivity contribution >= 4 is 41.3 Å². The number of tetrazole rings is 1. The Hall–Kier alpha value is -3.01. The second-order valence-corrected chi connectivity index (χ2v) is 10.4. The lowest BCUT2D eigenvalue weighted by molar-refractivity contribution is -0.150. The number of β-lactam (4-membered cyclic amide) rings is 1. The van der Waals surface area contributed by atoms with Gasteiger partial charge in [0, 0.05) is 30.2 Å². The molecule has 2 amide bonds. The van der Waals surface area contributed by atoms with Crippen molar-refractivity contribution in [3.8, 4) is 0 Å². The number of carbonyl (C=O) groups is 3. The Bertz CT molecular complexity index is 1230. The van der Waals surface area contributed by atoms with Gasteiger partial charge in [0.2, 0.25) is 11.1 Å². The topological polar surface area (TPSA) is 148 Å². The van der Waals surface area contributed by atoms with E-state index in [1.54, 1.807) is 7.05 Å². The quantitative estimate of drug-likeness (QED) is 0.354. The van der Waals surface area contributed by atoms with E-state index in [0.717, 1.165) is 12.8 Å². The lowest BCUT2D eigenvalue weighted by Gasteiger charge is -2.49. The maximum atomic E-state index is 13.1. The molecule has 2 aromatic heterocycles. The van der Waals surface area contributed by atoms with Crippen LogP contribution in [0.25, 0.3) is 0 Å². The number of rotatable bonds is 9. The predicted molar refractivity (Wildman–Crippen MR) is 118 cm³/mol. The van der Waals surface area contributed by atoms with Crippen molar-refractivity contribution in [2.24, 2.45) is 7.05 Å². The average molecular weight is 527 g/mol. The Kier molecular flexibility index (Phi) is 6.25. The first-order chi connectivity index (χ1) is 16.7. The summed E-state index contributed by atoms with van der Waals surface area (Å²) in [6.45, 7) is -0.297. The molecule has 186 valence electrons. The highest BCUT2D eigenvalue weighted by Gasteiger charge is 2.54. The molecule has 2 aliphatic heterocycles. The van der Waals surface area contributed by atoms with Gasteiger partial charge in [0.1, 0.15) is 29.4 Å². The lowest BCUT2D eigenvalue weighted by Crippen LogP contribution is -2.70. The summed E-state index contributed by atoms with van der Waals surface area (Å²) in [5.74, 6) is -1.58. The van der Waals surface area contributed by atoms with Gasteiger partial charge in [-0.25, -0.2) is 18.3 Å². The Morgan fingerprint density at radius 3 is 2.77 bits per heavy atom. The first-order valence-corrected chi connectivity index (χ1v) is 12.7. The minimum absolute atomic E-state index is 0.100. The molecule has 2 aromatic rings. The fraction of sp³-hybridized carbons (Fsp3) is 0.526. The third-order valence-electron chi connectivity index (χ3n) is 5.87. The summed E-state index contributed by atoms with van der Waals surface area (Å²) < 4.78 is 28.9. The number of hydrogen-bond donors (Lipinski definition) is 2. The largest absolute Gasteiger partial charge is 0.477 e. The number of carbonyl (C=O) groups excluding carboxylic acids is 2. The van der Waals surface area contributed by atoms with E-state index in [1.165, 1.54) is 43.9 Å². The SMILES string of the molecule is Cn1nnnc1SCC1=C(C(=O)O)N2C(=O)[C@H](NC(=O)Cn3nc(C(F)F)cc3C3CC3)[C@H]2SC1. The van der Waals surface area contributed by atoms with E-state index in [2.05, 4.69) is 25.9 Å². The summed E-state index contributed by atoms with van der Waals surface area (Å²) in [6.07, 6.45) is -1.04. The minimum atomic E-state index is -2.74. The molecule has 2 N–H and O–H groups in total. The molecule has 5 rings (SSSR count). The molecular formula is C19H20F2N8O4S2. The van der Waals surface area contributed by atoms with Crippen molar-refractivity contribution in [1.82, 2.24) is 40.2 Å². The van der Waals surface area contributed by atoms with E-state index in [4.69, 9.17) is 0 Å². The molecule has 0 unspecified atom stereocenters. The van der Waals surface area contributed by atoms with Crippen molar-refractivity contribution in [3.05, 3.63) is 28.7 Å². The van der Waals surface area contributed by atoms with Crippen molar-refractivity contribution < 1.29 is 28.3 Å². The van der Waals surface area contributed by atoms with Crippen LogP contribution in [-0.4, -0.2) is 80.7 Å². The van der Waals surface area contributed by atoms with E-state index in [-0.39, 0.29) is 29.6 Å². The third-order valence-corrected chi connectivity index (χ3v) is 8.30. The molecule has 0 aromatic carbocycles. The van der Waals surface area contributed by atoms with Gasteiger partial charge >= 0.3 is 5.97 Å². The van der Waals surface area contributed by atoms with Crippen molar-refractivity contribution in [2.45, 2.75) is 48.3 Å². The summed E-state index contributed by atoms with van der Waals surface area (Å²) in [7, 11) is 1.66. The molecule has 3 aliphatic rings. The number of aryl methyl sites for hydroxylation is 1. The summed E-state index contributed by atoms with van der Waals surface area (Å²) in [6, 6.07) is 0.414. The van der Waals surface area contributed by atoms with Crippen LogP contribution in [0.15, 0.2) is 22.5 Å². The molecule has 1 saturated carbocycles. The molecule has 0 radical (unpaired) electrons. The van der Waals surface area contributed by atoms with E-state index in [0.29, 0.717) is 22.2 Å². The van der Waals surface area contributed by atoms with Crippen molar-refractivity contribution in [2.75, 3.05) is 11.5 Å². The molecule has 16 heteroatoms. The Morgan fingerprint density at radius 1 is 1.37 bits per heavy atom. The number of thioether (sulfide) groups is 2. The zero-order chi connectivity index (χ0) is 24.9. The molecule has 2 fully saturated rings. The maximum Gasteiger partial charge on any atom is 0.352 e. The Balaban J connectivity index is 1.26. The number of carboxylic acid groups (broad SMARTS) is 1. The average Bonchev–Trinajstić information content (AvgIpc) is 3.45. The summed E-state index contributed by atoms with van der Waals surface area (Å²) >= 11 is 2.60. The zero-order valence-electron chi connectivity index (χ0n) is 18.3. The smallest absolute Gasteiger partial charge is 0.352 e. The number of aliphatic carboxylic acids is 1. The first-order valence-electron chi connectivity index (χ1n) is 10.6. The van der Waals surface area contributed by atoms with E-state index in [9.17, 15) is 28.3 Å². The van der Waals surface area contributed by atoms with Crippen LogP contribution < -0.4 is 5.32 Å². The molecular weight excluding hydrogens is 506 g/mol. The van der Waals surface area contributed by atoms with E-state index < -0.39 is 35.6 Å². The number of alkyl halides is 2.